The maximum Gasteiger partial charge on any atom is 0.237 e. The van der Waals surface area contributed by atoms with E-state index >= 15 is 0 Å². The quantitative estimate of drug-likeness (QED) is 0.849. The molecule has 0 bridgehead atoms. The molecule has 1 rings (SSSR count). The molecular weight excluding hydrogens is 274 g/mol. The summed E-state index contributed by atoms with van der Waals surface area (Å²) in [5, 5.41) is 2.97. The van der Waals surface area contributed by atoms with E-state index < -0.39 is 6.04 Å². The molecule has 0 aliphatic heterocycles. The van der Waals surface area contributed by atoms with Crippen LogP contribution in [0.2, 0.25) is 0 Å². The Morgan fingerprint density at radius 3 is 2.27 bits per heavy atom. The van der Waals surface area contributed by atoms with Gasteiger partial charge in [0, 0.05) is 19.1 Å². The summed E-state index contributed by atoms with van der Waals surface area (Å²) >= 11 is 0. The minimum absolute atomic E-state index is 0.0977. The highest BCUT2D eigenvalue weighted by Gasteiger charge is 2.27. The summed E-state index contributed by atoms with van der Waals surface area (Å²) < 4.78 is 0. The van der Waals surface area contributed by atoms with E-state index in [1.54, 1.807) is 0 Å². The minimum atomic E-state index is -0.502. The van der Waals surface area contributed by atoms with Crippen LogP contribution in [0.1, 0.15) is 45.7 Å². The summed E-state index contributed by atoms with van der Waals surface area (Å²) in [6, 6.07) is 8.20. The van der Waals surface area contributed by atoms with Gasteiger partial charge in [-0.3, -0.25) is 9.69 Å². The van der Waals surface area contributed by atoms with Crippen LogP contribution in [0.4, 0.5) is 0 Å². The van der Waals surface area contributed by atoms with Gasteiger partial charge < -0.3 is 11.1 Å². The molecule has 4 heteroatoms. The summed E-state index contributed by atoms with van der Waals surface area (Å²) in [6.07, 6.45) is 0. The van der Waals surface area contributed by atoms with Crippen molar-refractivity contribution in [2.45, 2.75) is 59.8 Å². The molecule has 4 nitrogen and oxygen atoms in total. The molecule has 1 atom stereocenters. The van der Waals surface area contributed by atoms with Crippen LogP contribution in [0.5, 0.6) is 0 Å². The van der Waals surface area contributed by atoms with Gasteiger partial charge in [0.1, 0.15) is 0 Å². The van der Waals surface area contributed by atoms with Crippen LogP contribution in [-0.4, -0.2) is 29.9 Å². The van der Waals surface area contributed by atoms with E-state index in [4.69, 9.17) is 5.73 Å². The Labute approximate surface area is 135 Å². The highest BCUT2D eigenvalue weighted by Crippen LogP contribution is 2.18. The van der Waals surface area contributed by atoms with E-state index in [1.807, 2.05) is 32.9 Å². The lowest BCUT2D eigenvalue weighted by molar-refractivity contribution is -0.124. The first kappa shape index (κ1) is 18.7. The highest BCUT2D eigenvalue weighted by atomic mass is 16.2. The Morgan fingerprint density at radius 2 is 1.77 bits per heavy atom. The number of hydrogen-bond acceptors (Lipinski definition) is 3. The zero-order valence-corrected chi connectivity index (χ0v) is 14.8. The van der Waals surface area contributed by atoms with E-state index in [-0.39, 0.29) is 11.3 Å². The highest BCUT2D eigenvalue weighted by molar-refractivity contribution is 5.82. The van der Waals surface area contributed by atoms with Crippen LogP contribution in [0.15, 0.2) is 24.3 Å². The molecule has 1 amide bonds. The van der Waals surface area contributed by atoms with Crippen molar-refractivity contribution in [1.82, 2.24) is 10.2 Å². The average Bonchev–Trinajstić information content (AvgIpc) is 2.44. The van der Waals surface area contributed by atoms with E-state index in [0.717, 1.165) is 12.1 Å². The van der Waals surface area contributed by atoms with Crippen molar-refractivity contribution in [2.75, 3.05) is 7.05 Å². The number of nitrogens with one attached hydrogen (secondary N) is 1. The second kappa shape index (κ2) is 7.75. The predicted molar refractivity (Wildman–Crippen MR) is 92.3 cm³/mol. The summed E-state index contributed by atoms with van der Waals surface area (Å²) in [6.45, 7) is 11.7. The van der Waals surface area contributed by atoms with Gasteiger partial charge >= 0.3 is 0 Å². The third-order valence-corrected chi connectivity index (χ3v) is 4.09. The van der Waals surface area contributed by atoms with Crippen LogP contribution in [-0.2, 0) is 17.9 Å². The lowest BCUT2D eigenvalue weighted by atomic mass is 9.87. The summed E-state index contributed by atoms with van der Waals surface area (Å²) in [5.41, 5.74) is 8.14. The normalized spacial score (nSPS) is 13.5. The minimum Gasteiger partial charge on any atom is -0.351 e. The van der Waals surface area contributed by atoms with Gasteiger partial charge in [0.15, 0.2) is 0 Å². The molecule has 0 saturated carbocycles. The van der Waals surface area contributed by atoms with Gasteiger partial charge in [-0.2, -0.15) is 0 Å². The zero-order chi connectivity index (χ0) is 16.9. The van der Waals surface area contributed by atoms with Crippen LogP contribution in [0.3, 0.4) is 0 Å². The lowest BCUT2D eigenvalue weighted by Gasteiger charge is -2.26. The molecule has 0 heterocycles. The maximum atomic E-state index is 12.2. The van der Waals surface area contributed by atoms with E-state index in [2.05, 4.69) is 43.2 Å². The predicted octanol–water partition coefficient (Wildman–Crippen LogP) is 2.52. The fourth-order valence-electron chi connectivity index (χ4n) is 2.02. The molecule has 124 valence electrons. The number of nitrogens with two attached hydrogens (primary N) is 1. The molecule has 1 aromatic rings. The standard InChI is InChI=1S/C18H31N3O/c1-13(2)21(6)12-15-10-8-7-9-14(15)11-20-17(22)16(19)18(3,4)5/h7-10,13,16H,11-12,19H2,1-6H3,(H,20,22)/t16-/m1/s1. The first-order valence-electron chi connectivity index (χ1n) is 7.93. The van der Waals surface area contributed by atoms with Gasteiger partial charge in [-0.05, 0) is 37.4 Å². The average molecular weight is 305 g/mol. The Kier molecular flexibility index (Phi) is 6.57. The van der Waals surface area contributed by atoms with Crippen LogP contribution in [0.25, 0.3) is 0 Å². The van der Waals surface area contributed by atoms with Crippen molar-refractivity contribution in [3.63, 3.8) is 0 Å². The Morgan fingerprint density at radius 1 is 1.23 bits per heavy atom. The van der Waals surface area contributed by atoms with Gasteiger partial charge in [-0.1, -0.05) is 45.0 Å². The van der Waals surface area contributed by atoms with Crippen molar-refractivity contribution in [2.24, 2.45) is 11.1 Å². The topological polar surface area (TPSA) is 58.4 Å². The molecule has 0 spiro atoms. The summed E-state index contributed by atoms with van der Waals surface area (Å²) in [7, 11) is 2.11. The second-order valence-electron chi connectivity index (χ2n) is 7.34. The molecule has 3 N–H and O–H groups in total. The molecule has 0 aliphatic carbocycles. The number of carbonyl (C=O) groups excluding carboxylic acids is 1. The zero-order valence-electron chi connectivity index (χ0n) is 14.8. The lowest BCUT2D eigenvalue weighted by Crippen LogP contribution is -2.48. The van der Waals surface area contributed by atoms with Crippen LogP contribution >= 0.6 is 0 Å². The monoisotopic (exact) mass is 305 g/mol. The third-order valence-electron chi connectivity index (χ3n) is 4.09. The Balaban J connectivity index is 2.72. The summed E-state index contributed by atoms with van der Waals surface area (Å²) in [5.74, 6) is -0.0977. The molecule has 0 saturated heterocycles. The molecule has 0 radical (unpaired) electrons. The number of carbonyl (C=O) groups is 1. The molecular formula is C18H31N3O. The number of nitrogens with zero attached hydrogens (tertiary/aromatic N) is 1. The fourth-order valence-corrected chi connectivity index (χ4v) is 2.02. The van der Waals surface area contributed by atoms with Gasteiger partial charge in [0.2, 0.25) is 5.91 Å². The van der Waals surface area contributed by atoms with Crippen molar-refractivity contribution >= 4 is 5.91 Å². The molecule has 0 aromatic heterocycles. The number of hydrogen-bond donors (Lipinski definition) is 2. The van der Waals surface area contributed by atoms with Crippen molar-refractivity contribution in [3.8, 4) is 0 Å². The number of rotatable bonds is 6. The Hall–Kier alpha value is -1.39. The third kappa shape index (κ3) is 5.43. The van der Waals surface area contributed by atoms with Crippen molar-refractivity contribution < 1.29 is 4.79 Å². The Bertz CT molecular complexity index is 491. The fraction of sp³-hybridized carbons (Fsp3) is 0.611. The van der Waals surface area contributed by atoms with Crippen molar-refractivity contribution in [3.05, 3.63) is 35.4 Å². The van der Waals surface area contributed by atoms with Gasteiger partial charge in [-0.25, -0.2) is 0 Å². The molecule has 1 aromatic carbocycles. The molecule has 0 aliphatic rings. The molecule has 22 heavy (non-hydrogen) atoms. The molecule has 0 fully saturated rings. The van der Waals surface area contributed by atoms with E-state index in [1.165, 1.54) is 5.56 Å². The maximum absolute atomic E-state index is 12.2. The first-order chi connectivity index (χ1) is 10.1. The first-order valence-corrected chi connectivity index (χ1v) is 7.93. The summed E-state index contributed by atoms with van der Waals surface area (Å²) in [4.78, 5) is 14.4. The van der Waals surface area contributed by atoms with Crippen LogP contribution in [0, 0.1) is 5.41 Å². The second-order valence-corrected chi connectivity index (χ2v) is 7.34. The SMILES string of the molecule is CC(C)N(C)Cc1ccccc1CNC(=O)[C@@H](N)C(C)(C)C. The van der Waals surface area contributed by atoms with Crippen LogP contribution < -0.4 is 11.1 Å². The van der Waals surface area contributed by atoms with Gasteiger partial charge in [-0.15, -0.1) is 0 Å². The number of benzene rings is 1. The van der Waals surface area contributed by atoms with E-state index in [9.17, 15) is 4.79 Å². The number of amides is 1. The van der Waals surface area contributed by atoms with Gasteiger partial charge in [0.25, 0.3) is 0 Å². The largest absolute Gasteiger partial charge is 0.351 e. The van der Waals surface area contributed by atoms with Crippen molar-refractivity contribution in [1.29, 1.82) is 0 Å². The smallest absolute Gasteiger partial charge is 0.237 e. The van der Waals surface area contributed by atoms with E-state index in [0.29, 0.717) is 12.6 Å². The van der Waals surface area contributed by atoms with Gasteiger partial charge in [0.05, 0.1) is 6.04 Å². The molecule has 0 unspecified atom stereocenters.